The highest BCUT2D eigenvalue weighted by Crippen LogP contribution is 2.24. The van der Waals surface area contributed by atoms with Crippen LogP contribution in [0.25, 0.3) is 17.2 Å². The lowest BCUT2D eigenvalue weighted by molar-refractivity contribution is 0.242. The number of hydrogen-bond donors (Lipinski definition) is 1. The molecule has 1 N–H and O–H groups in total. The average molecular weight is 337 g/mol. The SMILES string of the molecule is CC(C)Oc1cccc(-n2ccnc2-c2cc3n(n2)CCCNC3)c1. The van der Waals surface area contributed by atoms with E-state index in [0.717, 1.165) is 49.0 Å². The number of aromatic nitrogens is 4. The van der Waals surface area contributed by atoms with Crippen molar-refractivity contribution in [1.29, 1.82) is 0 Å². The van der Waals surface area contributed by atoms with Crippen molar-refractivity contribution in [2.24, 2.45) is 0 Å². The Morgan fingerprint density at radius 3 is 3.04 bits per heavy atom. The number of ether oxygens (including phenoxy) is 1. The second-order valence-electron chi connectivity index (χ2n) is 6.56. The summed E-state index contributed by atoms with van der Waals surface area (Å²) in [5.41, 5.74) is 3.13. The molecule has 0 radical (unpaired) electrons. The molecule has 0 bridgehead atoms. The zero-order valence-electron chi connectivity index (χ0n) is 14.6. The molecule has 4 rings (SSSR count). The van der Waals surface area contributed by atoms with Crippen molar-refractivity contribution in [2.45, 2.75) is 39.5 Å². The van der Waals surface area contributed by atoms with Gasteiger partial charge in [-0.15, -0.1) is 0 Å². The van der Waals surface area contributed by atoms with E-state index < -0.39 is 0 Å². The average Bonchev–Trinajstić information content (AvgIpc) is 3.17. The van der Waals surface area contributed by atoms with Crippen molar-refractivity contribution in [3.05, 3.63) is 48.4 Å². The van der Waals surface area contributed by atoms with E-state index >= 15 is 0 Å². The molecule has 3 heterocycles. The normalized spacial score (nSPS) is 14.4. The molecule has 25 heavy (non-hydrogen) atoms. The third-order valence-corrected chi connectivity index (χ3v) is 4.23. The van der Waals surface area contributed by atoms with Crippen molar-refractivity contribution >= 4 is 0 Å². The van der Waals surface area contributed by atoms with Crippen LogP contribution in [0.5, 0.6) is 5.75 Å². The van der Waals surface area contributed by atoms with Gasteiger partial charge in [-0.3, -0.25) is 9.25 Å². The van der Waals surface area contributed by atoms with Crippen LogP contribution in [0.4, 0.5) is 0 Å². The monoisotopic (exact) mass is 337 g/mol. The fraction of sp³-hybridized carbons (Fsp3) is 0.368. The first kappa shape index (κ1) is 15.9. The zero-order chi connectivity index (χ0) is 17.2. The van der Waals surface area contributed by atoms with Gasteiger partial charge in [0.05, 0.1) is 17.5 Å². The fourth-order valence-electron chi connectivity index (χ4n) is 3.15. The van der Waals surface area contributed by atoms with Crippen molar-refractivity contribution in [2.75, 3.05) is 6.54 Å². The number of hydrogen-bond acceptors (Lipinski definition) is 4. The van der Waals surface area contributed by atoms with Crippen LogP contribution in [-0.2, 0) is 13.1 Å². The maximum atomic E-state index is 5.82. The standard InChI is InChI=1S/C19H23N5O/c1-14(2)25-17-6-3-5-15(11-17)23-10-8-21-19(23)18-12-16-13-20-7-4-9-24(16)22-18/h3,5-6,8,10-12,14,20H,4,7,9,13H2,1-2H3. The maximum Gasteiger partial charge on any atom is 0.165 e. The smallest absolute Gasteiger partial charge is 0.165 e. The molecule has 1 aromatic carbocycles. The van der Waals surface area contributed by atoms with E-state index in [0.29, 0.717) is 0 Å². The van der Waals surface area contributed by atoms with E-state index in [1.807, 2.05) is 44.4 Å². The minimum absolute atomic E-state index is 0.147. The van der Waals surface area contributed by atoms with Crippen molar-refractivity contribution in [1.82, 2.24) is 24.6 Å². The van der Waals surface area contributed by atoms with Gasteiger partial charge in [0.2, 0.25) is 0 Å². The Balaban J connectivity index is 1.69. The molecule has 0 saturated heterocycles. The van der Waals surface area contributed by atoms with Crippen LogP contribution in [0, 0.1) is 0 Å². The highest BCUT2D eigenvalue weighted by molar-refractivity contribution is 5.55. The Hall–Kier alpha value is -2.60. The lowest BCUT2D eigenvalue weighted by Crippen LogP contribution is -2.11. The third kappa shape index (κ3) is 3.30. The predicted octanol–water partition coefficient (Wildman–Crippen LogP) is 3.02. The minimum Gasteiger partial charge on any atom is -0.491 e. The number of rotatable bonds is 4. The number of imidazole rings is 1. The molecule has 2 aromatic heterocycles. The van der Waals surface area contributed by atoms with Gasteiger partial charge in [0.15, 0.2) is 5.82 Å². The summed E-state index contributed by atoms with van der Waals surface area (Å²) in [4.78, 5) is 4.55. The van der Waals surface area contributed by atoms with Gasteiger partial charge in [-0.25, -0.2) is 4.98 Å². The van der Waals surface area contributed by atoms with Gasteiger partial charge >= 0.3 is 0 Å². The first-order chi connectivity index (χ1) is 12.2. The third-order valence-electron chi connectivity index (χ3n) is 4.23. The molecule has 0 saturated carbocycles. The summed E-state index contributed by atoms with van der Waals surface area (Å²) in [6, 6.07) is 10.2. The Bertz CT molecular complexity index is 841. The Labute approximate surface area is 147 Å². The van der Waals surface area contributed by atoms with Crippen molar-refractivity contribution < 1.29 is 4.74 Å². The van der Waals surface area contributed by atoms with E-state index in [1.165, 1.54) is 5.69 Å². The Morgan fingerprint density at radius 1 is 1.24 bits per heavy atom. The number of benzene rings is 1. The van der Waals surface area contributed by atoms with Gasteiger partial charge in [0.1, 0.15) is 11.4 Å². The first-order valence-corrected chi connectivity index (χ1v) is 8.79. The fourth-order valence-corrected chi connectivity index (χ4v) is 3.15. The van der Waals surface area contributed by atoms with Crippen LogP contribution >= 0.6 is 0 Å². The van der Waals surface area contributed by atoms with Crippen LogP contribution in [0.2, 0.25) is 0 Å². The van der Waals surface area contributed by atoms with E-state index in [-0.39, 0.29) is 6.10 Å². The zero-order valence-corrected chi connectivity index (χ0v) is 14.6. The molecule has 1 aliphatic heterocycles. The maximum absolute atomic E-state index is 5.82. The van der Waals surface area contributed by atoms with Gasteiger partial charge in [-0.05, 0) is 45.0 Å². The number of nitrogens with one attached hydrogen (secondary N) is 1. The molecule has 6 nitrogen and oxygen atoms in total. The minimum atomic E-state index is 0.147. The lowest BCUT2D eigenvalue weighted by Gasteiger charge is -2.12. The molecule has 6 heteroatoms. The van der Waals surface area contributed by atoms with Crippen LogP contribution in [0.1, 0.15) is 26.0 Å². The number of nitrogens with zero attached hydrogens (tertiary/aromatic N) is 4. The van der Waals surface area contributed by atoms with Crippen molar-refractivity contribution in [3.63, 3.8) is 0 Å². The summed E-state index contributed by atoms with van der Waals surface area (Å²) in [6.07, 6.45) is 5.02. The second-order valence-corrected chi connectivity index (χ2v) is 6.56. The summed E-state index contributed by atoms with van der Waals surface area (Å²) < 4.78 is 9.97. The molecule has 0 fully saturated rings. The first-order valence-electron chi connectivity index (χ1n) is 8.79. The number of fused-ring (bicyclic) bond motifs is 1. The summed E-state index contributed by atoms with van der Waals surface area (Å²) >= 11 is 0. The van der Waals surface area contributed by atoms with Crippen LogP contribution in [0.15, 0.2) is 42.7 Å². The van der Waals surface area contributed by atoms with Crippen LogP contribution in [-0.4, -0.2) is 32.0 Å². The molecule has 1 aliphatic rings. The molecule has 0 spiro atoms. The molecule has 0 unspecified atom stereocenters. The molecular formula is C19H23N5O. The van der Waals surface area contributed by atoms with Gasteiger partial charge < -0.3 is 10.1 Å². The molecule has 0 amide bonds. The van der Waals surface area contributed by atoms with E-state index in [4.69, 9.17) is 9.84 Å². The van der Waals surface area contributed by atoms with E-state index in [9.17, 15) is 0 Å². The molecule has 3 aromatic rings. The Kier molecular flexibility index (Phi) is 4.28. The van der Waals surface area contributed by atoms with E-state index in [1.54, 1.807) is 0 Å². The highest BCUT2D eigenvalue weighted by Gasteiger charge is 2.16. The summed E-state index contributed by atoms with van der Waals surface area (Å²) in [5, 5.41) is 8.20. The van der Waals surface area contributed by atoms with Crippen LogP contribution < -0.4 is 10.1 Å². The topological polar surface area (TPSA) is 56.9 Å². The highest BCUT2D eigenvalue weighted by atomic mass is 16.5. The van der Waals surface area contributed by atoms with Gasteiger partial charge in [-0.1, -0.05) is 6.07 Å². The summed E-state index contributed by atoms with van der Waals surface area (Å²) in [7, 11) is 0. The number of aryl methyl sites for hydroxylation is 1. The van der Waals surface area contributed by atoms with Gasteiger partial charge in [-0.2, -0.15) is 5.10 Å². The quantitative estimate of drug-likeness (QED) is 0.795. The van der Waals surface area contributed by atoms with Crippen LogP contribution in [0.3, 0.4) is 0 Å². The Morgan fingerprint density at radius 2 is 2.16 bits per heavy atom. The van der Waals surface area contributed by atoms with E-state index in [2.05, 4.69) is 31.7 Å². The summed E-state index contributed by atoms with van der Waals surface area (Å²) in [5.74, 6) is 1.71. The van der Waals surface area contributed by atoms with Gasteiger partial charge in [0, 0.05) is 31.5 Å². The van der Waals surface area contributed by atoms with Crippen molar-refractivity contribution in [3.8, 4) is 23.0 Å². The van der Waals surface area contributed by atoms with Gasteiger partial charge in [0.25, 0.3) is 0 Å². The second kappa shape index (κ2) is 6.72. The lowest BCUT2D eigenvalue weighted by atomic mass is 10.2. The molecule has 0 atom stereocenters. The molecule has 130 valence electrons. The molecular weight excluding hydrogens is 314 g/mol. The summed E-state index contributed by atoms with van der Waals surface area (Å²) in [6.45, 7) is 6.89. The largest absolute Gasteiger partial charge is 0.491 e. The molecule has 0 aliphatic carbocycles. The predicted molar refractivity (Wildman–Crippen MR) is 96.9 cm³/mol.